The zero-order chi connectivity index (χ0) is 20.3. The van der Waals surface area contributed by atoms with Gasteiger partial charge in [0.1, 0.15) is 35.2 Å². The van der Waals surface area contributed by atoms with Gasteiger partial charge in [0.2, 0.25) is 0 Å². The lowest BCUT2D eigenvalue weighted by Crippen LogP contribution is -2.05. The van der Waals surface area contributed by atoms with Crippen LogP contribution in [0.5, 0.6) is 23.0 Å². The molecule has 0 bridgehead atoms. The zero-order valence-electron chi connectivity index (χ0n) is 16.2. The minimum atomic E-state index is -1.11. The lowest BCUT2D eigenvalue weighted by atomic mass is 9.99. The van der Waals surface area contributed by atoms with Crippen molar-refractivity contribution >= 4 is 16.7 Å². The number of carboxylic acids is 1. The number of carbonyl (C=O) groups is 1. The fraction of sp³-hybridized carbons (Fsp3) is 0.227. The second kappa shape index (κ2) is 8.08. The van der Waals surface area contributed by atoms with Gasteiger partial charge in [0.25, 0.3) is 0 Å². The van der Waals surface area contributed by atoms with Crippen molar-refractivity contribution < 1.29 is 28.8 Å². The van der Waals surface area contributed by atoms with Crippen molar-refractivity contribution in [1.82, 2.24) is 0 Å². The van der Waals surface area contributed by atoms with Gasteiger partial charge in [0.05, 0.1) is 26.7 Å². The fourth-order valence-corrected chi connectivity index (χ4v) is 3.22. The summed E-state index contributed by atoms with van der Waals surface area (Å²) in [7, 11) is 4.50. The number of methoxy groups -OCH3 is 3. The molecule has 0 aliphatic rings. The molecule has 0 aliphatic heterocycles. The van der Waals surface area contributed by atoms with E-state index in [4.69, 9.17) is 18.9 Å². The quantitative estimate of drug-likeness (QED) is 0.651. The lowest BCUT2D eigenvalue weighted by molar-refractivity contribution is 0.0693. The van der Waals surface area contributed by atoms with Crippen LogP contribution in [0.4, 0.5) is 0 Å². The summed E-state index contributed by atoms with van der Waals surface area (Å²) in [4.78, 5) is 11.8. The van der Waals surface area contributed by atoms with Crippen molar-refractivity contribution in [2.75, 3.05) is 21.3 Å². The van der Waals surface area contributed by atoms with E-state index in [2.05, 4.69) is 0 Å². The summed E-state index contributed by atoms with van der Waals surface area (Å²) in [5.74, 6) is 0.614. The third-order valence-electron chi connectivity index (χ3n) is 4.59. The SMILES string of the molecule is COc1cc2c(OC)cc(C(=O)O)c(OC)c2c(OCc2ccccc2)c1C. The van der Waals surface area contributed by atoms with Gasteiger partial charge in [-0.05, 0) is 24.6 Å². The van der Waals surface area contributed by atoms with E-state index in [1.807, 2.05) is 37.3 Å². The molecule has 0 heterocycles. The molecule has 0 radical (unpaired) electrons. The number of aromatic carboxylic acids is 1. The molecule has 0 fully saturated rings. The predicted octanol–water partition coefficient (Wildman–Crippen LogP) is 4.45. The van der Waals surface area contributed by atoms with E-state index < -0.39 is 5.97 Å². The summed E-state index contributed by atoms with van der Waals surface area (Å²) in [6.45, 7) is 2.17. The average Bonchev–Trinajstić information content (AvgIpc) is 2.72. The Kier molecular flexibility index (Phi) is 5.59. The molecule has 1 N–H and O–H groups in total. The minimum Gasteiger partial charge on any atom is -0.496 e. The van der Waals surface area contributed by atoms with Gasteiger partial charge in [-0.1, -0.05) is 30.3 Å². The fourth-order valence-electron chi connectivity index (χ4n) is 3.22. The van der Waals surface area contributed by atoms with Crippen molar-refractivity contribution in [2.24, 2.45) is 0 Å². The van der Waals surface area contributed by atoms with Crippen molar-refractivity contribution in [3.63, 3.8) is 0 Å². The van der Waals surface area contributed by atoms with Crippen LogP contribution in [-0.2, 0) is 6.61 Å². The standard InChI is InChI=1S/C22H22O6/c1-13-17(25-2)10-15-18(26-3)11-16(22(23)24)21(27-4)19(15)20(13)28-12-14-8-6-5-7-9-14/h5-11H,12H2,1-4H3,(H,23,24). The van der Waals surface area contributed by atoms with E-state index in [-0.39, 0.29) is 11.3 Å². The Morgan fingerprint density at radius 1 is 0.929 bits per heavy atom. The number of rotatable bonds is 7. The summed E-state index contributed by atoms with van der Waals surface area (Å²) in [5.41, 5.74) is 1.73. The maximum atomic E-state index is 11.8. The monoisotopic (exact) mass is 382 g/mol. The van der Waals surface area contributed by atoms with Crippen LogP contribution in [-0.4, -0.2) is 32.4 Å². The summed E-state index contributed by atoms with van der Waals surface area (Å²) in [5, 5.41) is 10.8. The van der Waals surface area contributed by atoms with Crippen LogP contribution in [0.15, 0.2) is 42.5 Å². The highest BCUT2D eigenvalue weighted by Gasteiger charge is 2.24. The van der Waals surface area contributed by atoms with Crippen LogP contribution in [0.1, 0.15) is 21.5 Å². The normalized spacial score (nSPS) is 10.6. The van der Waals surface area contributed by atoms with Crippen molar-refractivity contribution in [2.45, 2.75) is 13.5 Å². The molecular formula is C22H22O6. The Balaban J connectivity index is 2.30. The summed E-state index contributed by atoms with van der Waals surface area (Å²) < 4.78 is 22.6. The van der Waals surface area contributed by atoms with Crippen molar-refractivity contribution in [1.29, 1.82) is 0 Å². The number of carboxylic acid groups (broad SMARTS) is 1. The number of hydrogen-bond donors (Lipinski definition) is 1. The van der Waals surface area contributed by atoms with Gasteiger partial charge in [0.15, 0.2) is 0 Å². The first kappa shape index (κ1) is 19.4. The lowest BCUT2D eigenvalue weighted by Gasteiger charge is -2.20. The molecule has 0 saturated carbocycles. The molecule has 3 aromatic rings. The Morgan fingerprint density at radius 2 is 1.61 bits per heavy atom. The van der Waals surface area contributed by atoms with E-state index in [0.29, 0.717) is 34.6 Å². The van der Waals surface area contributed by atoms with Gasteiger partial charge in [0, 0.05) is 10.9 Å². The Hall–Kier alpha value is -3.41. The number of benzene rings is 3. The average molecular weight is 382 g/mol. The molecule has 6 heteroatoms. The smallest absolute Gasteiger partial charge is 0.339 e. The van der Waals surface area contributed by atoms with E-state index in [9.17, 15) is 9.90 Å². The Bertz CT molecular complexity index is 1010. The topological polar surface area (TPSA) is 74.2 Å². The molecular weight excluding hydrogens is 360 g/mol. The second-order valence-electron chi connectivity index (χ2n) is 6.19. The summed E-state index contributed by atoms with van der Waals surface area (Å²) in [6, 6.07) is 13.0. The third-order valence-corrected chi connectivity index (χ3v) is 4.59. The summed E-state index contributed by atoms with van der Waals surface area (Å²) in [6.07, 6.45) is 0. The molecule has 146 valence electrons. The first-order chi connectivity index (χ1) is 13.5. The van der Waals surface area contributed by atoms with E-state index in [0.717, 1.165) is 11.1 Å². The van der Waals surface area contributed by atoms with Gasteiger partial charge < -0.3 is 24.1 Å². The van der Waals surface area contributed by atoms with Crippen molar-refractivity contribution in [3.8, 4) is 23.0 Å². The number of fused-ring (bicyclic) bond motifs is 1. The highest BCUT2D eigenvalue weighted by atomic mass is 16.5. The number of ether oxygens (including phenoxy) is 4. The first-order valence-electron chi connectivity index (χ1n) is 8.68. The van der Waals surface area contributed by atoms with E-state index in [1.54, 1.807) is 13.2 Å². The van der Waals surface area contributed by atoms with Crippen LogP contribution in [0.25, 0.3) is 10.8 Å². The van der Waals surface area contributed by atoms with Crippen LogP contribution in [0, 0.1) is 6.92 Å². The molecule has 6 nitrogen and oxygen atoms in total. The third kappa shape index (κ3) is 3.41. The maximum Gasteiger partial charge on any atom is 0.339 e. The van der Waals surface area contributed by atoms with Crippen LogP contribution >= 0.6 is 0 Å². The molecule has 3 rings (SSSR count). The predicted molar refractivity (Wildman–Crippen MR) is 106 cm³/mol. The van der Waals surface area contributed by atoms with Gasteiger partial charge in [-0.2, -0.15) is 0 Å². The molecule has 0 aliphatic carbocycles. The number of hydrogen-bond acceptors (Lipinski definition) is 5. The molecule has 0 unspecified atom stereocenters. The Labute approximate surface area is 163 Å². The summed E-state index contributed by atoms with van der Waals surface area (Å²) >= 11 is 0. The molecule has 0 amide bonds. The van der Waals surface area contributed by atoms with Gasteiger partial charge in [-0.3, -0.25) is 0 Å². The molecule has 0 atom stereocenters. The maximum absolute atomic E-state index is 11.8. The highest BCUT2D eigenvalue weighted by molar-refractivity contribution is 6.07. The first-order valence-corrected chi connectivity index (χ1v) is 8.68. The van der Waals surface area contributed by atoms with Crippen LogP contribution in [0.2, 0.25) is 0 Å². The molecule has 28 heavy (non-hydrogen) atoms. The molecule has 0 saturated heterocycles. The largest absolute Gasteiger partial charge is 0.496 e. The highest BCUT2D eigenvalue weighted by Crippen LogP contribution is 2.46. The van der Waals surface area contributed by atoms with Gasteiger partial charge in [-0.15, -0.1) is 0 Å². The zero-order valence-corrected chi connectivity index (χ0v) is 16.2. The van der Waals surface area contributed by atoms with Gasteiger partial charge >= 0.3 is 5.97 Å². The molecule has 0 aromatic heterocycles. The van der Waals surface area contributed by atoms with Crippen LogP contribution in [0.3, 0.4) is 0 Å². The van der Waals surface area contributed by atoms with E-state index in [1.165, 1.54) is 20.3 Å². The second-order valence-corrected chi connectivity index (χ2v) is 6.19. The van der Waals surface area contributed by atoms with Crippen molar-refractivity contribution in [3.05, 3.63) is 59.2 Å². The van der Waals surface area contributed by atoms with Gasteiger partial charge in [-0.25, -0.2) is 4.79 Å². The molecule has 0 spiro atoms. The van der Waals surface area contributed by atoms with E-state index >= 15 is 0 Å². The molecule has 3 aromatic carbocycles. The van der Waals surface area contributed by atoms with Crippen LogP contribution < -0.4 is 18.9 Å². The Morgan fingerprint density at radius 3 is 2.18 bits per heavy atom. The minimum absolute atomic E-state index is 0.000906.